The van der Waals surface area contributed by atoms with E-state index in [4.69, 9.17) is 0 Å². The van der Waals surface area contributed by atoms with E-state index in [2.05, 4.69) is 5.10 Å². The largest absolute Gasteiger partial charge is 0.272 e. The molecule has 0 N–H and O–H groups in total. The van der Waals surface area contributed by atoms with Gasteiger partial charge in [-0.3, -0.25) is 4.68 Å². The third-order valence-electron chi connectivity index (χ3n) is 3.78. The minimum atomic E-state index is -3.50. The standard InChI is InChI=1S/C16H23N3O2S/c1-6-19-11-15(14(4)17-19)10-18(5)22(20,21)16-8-7-12(2)9-13(16)3/h7-9,11H,6,10H2,1-5H3. The van der Waals surface area contributed by atoms with Crippen LogP contribution in [0.3, 0.4) is 0 Å². The smallest absolute Gasteiger partial charge is 0.243 e. The molecule has 22 heavy (non-hydrogen) atoms. The minimum Gasteiger partial charge on any atom is -0.272 e. The lowest BCUT2D eigenvalue weighted by molar-refractivity contribution is 0.465. The van der Waals surface area contributed by atoms with Crippen LogP contribution in [-0.4, -0.2) is 29.6 Å². The number of hydrogen-bond acceptors (Lipinski definition) is 3. The van der Waals surface area contributed by atoms with E-state index < -0.39 is 10.0 Å². The van der Waals surface area contributed by atoms with Crippen LogP contribution in [0.25, 0.3) is 0 Å². The second-order valence-corrected chi connectivity index (χ2v) is 7.64. The number of nitrogens with zero attached hydrogens (tertiary/aromatic N) is 3. The first-order chi connectivity index (χ1) is 10.3. The van der Waals surface area contributed by atoms with Crippen LogP contribution in [0.2, 0.25) is 0 Å². The maximum atomic E-state index is 12.8. The topological polar surface area (TPSA) is 55.2 Å². The molecule has 1 aromatic carbocycles. The molecule has 2 rings (SSSR count). The van der Waals surface area contributed by atoms with Gasteiger partial charge in [0.1, 0.15) is 0 Å². The highest BCUT2D eigenvalue weighted by Crippen LogP contribution is 2.22. The molecule has 0 aliphatic heterocycles. The van der Waals surface area contributed by atoms with Gasteiger partial charge in [-0.15, -0.1) is 0 Å². The van der Waals surface area contributed by atoms with Gasteiger partial charge < -0.3 is 0 Å². The zero-order valence-electron chi connectivity index (χ0n) is 13.8. The highest BCUT2D eigenvalue weighted by atomic mass is 32.2. The molecule has 0 saturated carbocycles. The monoisotopic (exact) mass is 321 g/mol. The fourth-order valence-electron chi connectivity index (χ4n) is 2.46. The second-order valence-electron chi connectivity index (χ2n) is 5.63. The van der Waals surface area contributed by atoms with Crippen LogP contribution in [0.15, 0.2) is 29.3 Å². The minimum absolute atomic E-state index is 0.321. The van der Waals surface area contributed by atoms with E-state index in [0.717, 1.165) is 28.9 Å². The lowest BCUT2D eigenvalue weighted by Gasteiger charge is -2.18. The maximum absolute atomic E-state index is 12.8. The van der Waals surface area contributed by atoms with Crippen LogP contribution in [0.5, 0.6) is 0 Å². The first kappa shape index (κ1) is 16.7. The van der Waals surface area contributed by atoms with E-state index >= 15 is 0 Å². The summed E-state index contributed by atoms with van der Waals surface area (Å²) in [5.74, 6) is 0. The van der Waals surface area contributed by atoms with Crippen LogP contribution < -0.4 is 0 Å². The number of hydrogen-bond donors (Lipinski definition) is 0. The van der Waals surface area contributed by atoms with Crippen LogP contribution >= 0.6 is 0 Å². The Kier molecular flexibility index (Phi) is 4.72. The van der Waals surface area contributed by atoms with Gasteiger partial charge in [-0.25, -0.2) is 8.42 Å². The molecule has 2 aromatic rings. The molecule has 0 fully saturated rings. The maximum Gasteiger partial charge on any atom is 0.243 e. The van der Waals surface area contributed by atoms with Gasteiger partial charge >= 0.3 is 0 Å². The van der Waals surface area contributed by atoms with Gasteiger partial charge in [-0.1, -0.05) is 17.7 Å². The van der Waals surface area contributed by atoms with Gasteiger partial charge in [0.25, 0.3) is 0 Å². The van der Waals surface area contributed by atoms with Crippen molar-refractivity contribution in [1.29, 1.82) is 0 Å². The summed E-state index contributed by atoms with van der Waals surface area (Å²) in [4.78, 5) is 0.362. The van der Waals surface area contributed by atoms with E-state index in [0.29, 0.717) is 11.4 Å². The van der Waals surface area contributed by atoms with Crippen LogP contribution in [0, 0.1) is 20.8 Å². The van der Waals surface area contributed by atoms with Crippen molar-refractivity contribution in [3.8, 4) is 0 Å². The molecule has 0 aliphatic rings. The second kappa shape index (κ2) is 6.22. The third kappa shape index (κ3) is 3.23. The zero-order valence-corrected chi connectivity index (χ0v) is 14.6. The summed E-state index contributed by atoms with van der Waals surface area (Å²) < 4.78 is 28.7. The quantitative estimate of drug-likeness (QED) is 0.851. The van der Waals surface area contributed by atoms with Gasteiger partial charge in [0.05, 0.1) is 10.6 Å². The highest BCUT2D eigenvalue weighted by molar-refractivity contribution is 7.89. The van der Waals surface area contributed by atoms with Crippen molar-refractivity contribution in [3.63, 3.8) is 0 Å². The molecule has 6 heteroatoms. The van der Waals surface area contributed by atoms with Crippen molar-refractivity contribution in [2.75, 3.05) is 7.05 Å². The lowest BCUT2D eigenvalue weighted by Crippen LogP contribution is -2.27. The van der Waals surface area contributed by atoms with Gasteiger partial charge in [-0.05, 0) is 39.3 Å². The molecule has 1 heterocycles. The number of rotatable bonds is 5. The molecule has 0 aliphatic carbocycles. The van der Waals surface area contributed by atoms with Crippen molar-refractivity contribution in [3.05, 3.63) is 46.8 Å². The summed E-state index contributed by atoms with van der Waals surface area (Å²) in [6.45, 7) is 8.78. The SMILES string of the molecule is CCn1cc(CN(C)S(=O)(=O)c2ccc(C)cc2C)c(C)n1. The fourth-order valence-corrected chi connectivity index (χ4v) is 3.81. The molecule has 0 amide bonds. The number of aromatic nitrogens is 2. The molecule has 0 atom stereocenters. The molecule has 1 aromatic heterocycles. The Morgan fingerprint density at radius 2 is 1.91 bits per heavy atom. The average Bonchev–Trinajstić information content (AvgIpc) is 2.79. The van der Waals surface area contributed by atoms with E-state index in [1.165, 1.54) is 4.31 Å². The summed E-state index contributed by atoms with van der Waals surface area (Å²) in [6.07, 6.45) is 1.91. The molecule has 0 bridgehead atoms. The van der Waals surface area contributed by atoms with Crippen molar-refractivity contribution < 1.29 is 8.42 Å². The number of sulfonamides is 1. The zero-order chi connectivity index (χ0) is 16.5. The molecule has 0 unspecified atom stereocenters. The van der Waals surface area contributed by atoms with Crippen LogP contribution in [-0.2, 0) is 23.1 Å². The summed E-state index contributed by atoms with van der Waals surface area (Å²) in [5.41, 5.74) is 3.62. The lowest BCUT2D eigenvalue weighted by atomic mass is 10.2. The molecule has 5 nitrogen and oxygen atoms in total. The third-order valence-corrected chi connectivity index (χ3v) is 5.75. The Balaban J connectivity index is 2.30. The summed E-state index contributed by atoms with van der Waals surface area (Å²) in [6, 6.07) is 5.40. The van der Waals surface area contributed by atoms with Crippen LogP contribution in [0.4, 0.5) is 0 Å². The number of benzene rings is 1. The normalized spacial score (nSPS) is 12.1. The van der Waals surface area contributed by atoms with E-state index in [9.17, 15) is 8.42 Å². The molecule has 120 valence electrons. The molecule has 0 radical (unpaired) electrons. The average molecular weight is 321 g/mol. The Morgan fingerprint density at radius 3 is 2.45 bits per heavy atom. The highest BCUT2D eigenvalue weighted by Gasteiger charge is 2.23. The van der Waals surface area contributed by atoms with Crippen LogP contribution in [0.1, 0.15) is 29.3 Å². The predicted molar refractivity (Wildman–Crippen MR) is 87.2 cm³/mol. The first-order valence-electron chi connectivity index (χ1n) is 7.32. The summed E-state index contributed by atoms with van der Waals surface area (Å²) in [7, 11) is -1.89. The molecular formula is C16H23N3O2S. The first-order valence-corrected chi connectivity index (χ1v) is 8.76. The summed E-state index contributed by atoms with van der Waals surface area (Å²) >= 11 is 0. The molecular weight excluding hydrogens is 298 g/mol. The van der Waals surface area contributed by atoms with Gasteiger partial charge in [0.2, 0.25) is 10.0 Å². The predicted octanol–water partition coefficient (Wildman–Crippen LogP) is 2.65. The van der Waals surface area contributed by atoms with Gasteiger partial charge in [0, 0.05) is 31.9 Å². The number of aryl methyl sites for hydroxylation is 4. The molecule has 0 spiro atoms. The van der Waals surface area contributed by atoms with Gasteiger partial charge in [-0.2, -0.15) is 9.40 Å². The van der Waals surface area contributed by atoms with Gasteiger partial charge in [0.15, 0.2) is 0 Å². The van der Waals surface area contributed by atoms with Crippen molar-refractivity contribution in [2.24, 2.45) is 0 Å². The van der Waals surface area contributed by atoms with E-state index in [-0.39, 0.29) is 0 Å². The summed E-state index contributed by atoms with van der Waals surface area (Å²) in [5, 5.41) is 4.36. The molecule has 0 saturated heterocycles. The van der Waals surface area contributed by atoms with E-state index in [1.54, 1.807) is 13.1 Å². The van der Waals surface area contributed by atoms with Crippen molar-refractivity contribution in [2.45, 2.75) is 45.7 Å². The Morgan fingerprint density at radius 1 is 1.23 bits per heavy atom. The van der Waals surface area contributed by atoms with E-state index in [1.807, 2.05) is 50.7 Å². The Labute approximate surface area is 132 Å². The Bertz CT molecular complexity index is 779. The van der Waals surface area contributed by atoms with Crippen molar-refractivity contribution in [1.82, 2.24) is 14.1 Å². The Hall–Kier alpha value is -1.66. The fraction of sp³-hybridized carbons (Fsp3) is 0.438. The van der Waals surface area contributed by atoms with Crippen molar-refractivity contribution >= 4 is 10.0 Å².